The Bertz CT molecular complexity index is 404. The molecule has 0 unspecified atom stereocenters. The lowest BCUT2D eigenvalue weighted by molar-refractivity contribution is 0.228. The Morgan fingerprint density at radius 3 is 2.67 bits per heavy atom. The van der Waals surface area contributed by atoms with Crippen LogP contribution < -0.4 is 10.9 Å². The second-order valence-corrected chi connectivity index (χ2v) is 2.59. The van der Waals surface area contributed by atoms with E-state index in [1.165, 1.54) is 6.21 Å². The summed E-state index contributed by atoms with van der Waals surface area (Å²) in [5, 5.41) is 27.4. The van der Waals surface area contributed by atoms with Gasteiger partial charge in [0.2, 0.25) is 5.96 Å². The summed E-state index contributed by atoms with van der Waals surface area (Å²) >= 11 is 0. The van der Waals surface area contributed by atoms with Gasteiger partial charge >= 0.3 is 0 Å². The number of nitrogens with zero attached hydrogens (tertiary/aromatic N) is 2. The highest BCUT2D eigenvalue weighted by Gasteiger charge is 1.90. The highest BCUT2D eigenvalue weighted by Crippen LogP contribution is 2.00. The van der Waals surface area contributed by atoms with Gasteiger partial charge in [0.15, 0.2) is 0 Å². The van der Waals surface area contributed by atoms with Crippen molar-refractivity contribution in [2.45, 2.75) is 0 Å². The first-order chi connectivity index (χ1) is 7.26. The lowest BCUT2D eigenvalue weighted by Crippen LogP contribution is -2.30. The van der Waals surface area contributed by atoms with E-state index in [2.05, 4.69) is 10.5 Å². The molecule has 1 aromatic rings. The van der Waals surface area contributed by atoms with Crippen LogP contribution in [0.15, 0.2) is 29.4 Å². The molecule has 15 heavy (non-hydrogen) atoms. The van der Waals surface area contributed by atoms with Crippen molar-refractivity contribution in [2.24, 2.45) is 5.10 Å². The van der Waals surface area contributed by atoms with Gasteiger partial charge in [-0.2, -0.15) is 10.4 Å². The van der Waals surface area contributed by atoms with E-state index in [1.807, 2.05) is 6.07 Å². The Morgan fingerprint density at radius 2 is 2.13 bits per heavy atom. The van der Waals surface area contributed by atoms with Crippen LogP contribution in [-0.4, -0.2) is 17.4 Å². The van der Waals surface area contributed by atoms with Crippen LogP contribution in [0.25, 0.3) is 0 Å². The van der Waals surface area contributed by atoms with Crippen molar-refractivity contribution >= 4 is 12.2 Å². The molecule has 6 heteroatoms. The smallest absolute Gasteiger partial charge is 0.233 e. The summed E-state index contributed by atoms with van der Waals surface area (Å²) < 4.78 is 0. The molecule has 0 aliphatic heterocycles. The fraction of sp³-hybridized carbons (Fsp3) is 0. The molecule has 0 spiro atoms. The number of benzene rings is 1. The summed E-state index contributed by atoms with van der Waals surface area (Å²) in [6.07, 6.45) is 1.47. The lowest BCUT2D eigenvalue weighted by atomic mass is 10.2. The Hall–Kier alpha value is -2.39. The third kappa shape index (κ3) is 3.46. The van der Waals surface area contributed by atoms with Crippen LogP contribution >= 0.6 is 0 Å². The quantitative estimate of drug-likeness (QED) is 0.317. The molecule has 0 radical (unpaired) electrons. The Balaban J connectivity index is 2.58. The summed E-state index contributed by atoms with van der Waals surface area (Å²) in [5.74, 6) is -0.320. The van der Waals surface area contributed by atoms with Crippen molar-refractivity contribution < 1.29 is 5.21 Å². The molecule has 0 fully saturated rings. The molecule has 1 aromatic carbocycles. The third-order valence-electron chi connectivity index (χ3n) is 1.54. The van der Waals surface area contributed by atoms with Crippen LogP contribution in [0.4, 0.5) is 0 Å². The normalized spacial score (nSPS) is 9.60. The van der Waals surface area contributed by atoms with E-state index in [1.54, 1.807) is 29.7 Å². The number of hydrazone groups is 1. The molecule has 0 aliphatic rings. The van der Waals surface area contributed by atoms with E-state index in [-0.39, 0.29) is 5.96 Å². The standard InChI is InChI=1S/C9H9N5O/c10-5-7-1-3-8(4-2-7)6-12-13-9(11)14-15/h1-4,6,15H,(H3,11,13,14). The van der Waals surface area contributed by atoms with Gasteiger partial charge in [0.25, 0.3) is 0 Å². The summed E-state index contributed by atoms with van der Waals surface area (Å²) in [6.45, 7) is 0. The molecule has 0 saturated heterocycles. The highest BCUT2D eigenvalue weighted by atomic mass is 16.5. The number of guanidine groups is 1. The van der Waals surface area contributed by atoms with Gasteiger partial charge in [0, 0.05) is 0 Å². The van der Waals surface area contributed by atoms with Crippen molar-refractivity contribution in [1.82, 2.24) is 10.9 Å². The van der Waals surface area contributed by atoms with E-state index in [0.717, 1.165) is 5.56 Å². The van der Waals surface area contributed by atoms with Crippen LogP contribution in [0, 0.1) is 16.7 Å². The number of hydroxylamine groups is 1. The molecule has 0 saturated carbocycles. The van der Waals surface area contributed by atoms with E-state index in [0.29, 0.717) is 5.56 Å². The molecule has 4 N–H and O–H groups in total. The molecule has 0 heterocycles. The van der Waals surface area contributed by atoms with Gasteiger partial charge < -0.3 is 0 Å². The Kier molecular flexibility index (Phi) is 3.82. The minimum absolute atomic E-state index is 0.320. The zero-order valence-corrected chi connectivity index (χ0v) is 7.73. The largest absolute Gasteiger partial charge is 0.288 e. The summed E-state index contributed by atoms with van der Waals surface area (Å²) in [4.78, 5) is 0. The SMILES string of the molecule is N#Cc1ccc(C=NNC(=N)NO)cc1. The van der Waals surface area contributed by atoms with Gasteiger partial charge in [-0.1, -0.05) is 12.1 Å². The van der Waals surface area contributed by atoms with Crippen LogP contribution in [0.3, 0.4) is 0 Å². The van der Waals surface area contributed by atoms with Gasteiger partial charge in [0.05, 0.1) is 17.8 Å². The van der Waals surface area contributed by atoms with Gasteiger partial charge in [-0.05, 0) is 17.7 Å². The van der Waals surface area contributed by atoms with Gasteiger partial charge in [0.1, 0.15) is 0 Å². The zero-order valence-electron chi connectivity index (χ0n) is 7.73. The monoisotopic (exact) mass is 203 g/mol. The minimum atomic E-state index is -0.320. The fourth-order valence-corrected chi connectivity index (χ4v) is 0.840. The molecular weight excluding hydrogens is 194 g/mol. The predicted molar refractivity (Wildman–Crippen MR) is 54.5 cm³/mol. The molecule has 76 valence electrons. The van der Waals surface area contributed by atoms with Crippen LogP contribution in [0.2, 0.25) is 0 Å². The molecule has 0 bridgehead atoms. The zero-order chi connectivity index (χ0) is 11.1. The topological polar surface area (TPSA) is 104 Å². The molecule has 0 atom stereocenters. The highest BCUT2D eigenvalue weighted by molar-refractivity contribution is 5.82. The van der Waals surface area contributed by atoms with Crippen LogP contribution in [0.5, 0.6) is 0 Å². The first kappa shape index (κ1) is 10.7. The summed E-state index contributed by atoms with van der Waals surface area (Å²) in [6, 6.07) is 8.77. The summed E-state index contributed by atoms with van der Waals surface area (Å²) in [5.41, 5.74) is 5.18. The van der Waals surface area contributed by atoms with E-state index in [4.69, 9.17) is 15.9 Å². The van der Waals surface area contributed by atoms with Crippen molar-refractivity contribution in [1.29, 1.82) is 10.7 Å². The number of hydrogen-bond donors (Lipinski definition) is 4. The Morgan fingerprint density at radius 1 is 1.47 bits per heavy atom. The first-order valence-corrected chi connectivity index (χ1v) is 4.04. The minimum Gasteiger partial charge on any atom is -0.288 e. The average molecular weight is 203 g/mol. The number of nitriles is 1. The fourth-order valence-electron chi connectivity index (χ4n) is 0.840. The predicted octanol–water partition coefficient (Wildman–Crippen LogP) is 0.395. The molecule has 0 aliphatic carbocycles. The van der Waals surface area contributed by atoms with E-state index in [9.17, 15) is 0 Å². The average Bonchev–Trinajstić information content (AvgIpc) is 2.29. The van der Waals surface area contributed by atoms with Crippen molar-refractivity contribution in [3.63, 3.8) is 0 Å². The second kappa shape index (κ2) is 5.36. The van der Waals surface area contributed by atoms with Crippen molar-refractivity contribution in [3.05, 3.63) is 35.4 Å². The third-order valence-corrected chi connectivity index (χ3v) is 1.54. The second-order valence-electron chi connectivity index (χ2n) is 2.59. The Labute approximate surface area is 86.3 Å². The summed E-state index contributed by atoms with van der Waals surface area (Å²) in [7, 11) is 0. The van der Waals surface area contributed by atoms with Crippen LogP contribution in [0.1, 0.15) is 11.1 Å². The van der Waals surface area contributed by atoms with Gasteiger partial charge in [-0.25, -0.2) is 10.9 Å². The first-order valence-electron chi connectivity index (χ1n) is 4.04. The van der Waals surface area contributed by atoms with Gasteiger partial charge in [-0.15, -0.1) is 0 Å². The maximum atomic E-state index is 8.55. The lowest BCUT2D eigenvalue weighted by Gasteiger charge is -1.98. The maximum absolute atomic E-state index is 8.55. The molecular formula is C9H9N5O. The maximum Gasteiger partial charge on any atom is 0.233 e. The van der Waals surface area contributed by atoms with E-state index >= 15 is 0 Å². The van der Waals surface area contributed by atoms with Gasteiger partial charge in [-0.3, -0.25) is 10.6 Å². The molecule has 6 nitrogen and oxygen atoms in total. The number of rotatable bonds is 2. The number of hydrogen-bond acceptors (Lipinski definition) is 4. The molecule has 0 amide bonds. The van der Waals surface area contributed by atoms with Crippen molar-refractivity contribution in [3.8, 4) is 6.07 Å². The van der Waals surface area contributed by atoms with Crippen molar-refractivity contribution in [2.75, 3.05) is 0 Å². The molecule has 1 rings (SSSR count). The molecule has 0 aromatic heterocycles. The van der Waals surface area contributed by atoms with E-state index < -0.39 is 0 Å². The van der Waals surface area contributed by atoms with Crippen LogP contribution in [-0.2, 0) is 0 Å². The number of nitrogens with one attached hydrogen (secondary N) is 3.